The first-order valence-electron chi connectivity index (χ1n) is 5.14. The fraction of sp³-hybridized carbons (Fsp3) is 1.00. The molecule has 15 heavy (non-hydrogen) atoms. The molecule has 0 spiro atoms. The number of halogens is 3. The third-order valence-electron chi connectivity index (χ3n) is 3.24. The Kier molecular flexibility index (Phi) is 3.36. The van der Waals surface area contributed by atoms with E-state index < -0.39 is 24.7 Å². The Bertz CT molecular complexity index is 227. The minimum atomic E-state index is -4.13. The van der Waals surface area contributed by atoms with Crippen molar-refractivity contribution in [2.75, 3.05) is 0 Å². The van der Waals surface area contributed by atoms with Crippen LogP contribution in [0.25, 0.3) is 0 Å². The molecule has 0 aromatic carbocycles. The monoisotopic (exact) mass is 225 g/mol. The van der Waals surface area contributed by atoms with Crippen LogP contribution in [0.4, 0.5) is 13.2 Å². The van der Waals surface area contributed by atoms with Gasteiger partial charge in [-0.15, -0.1) is 0 Å². The van der Waals surface area contributed by atoms with Gasteiger partial charge in [0.1, 0.15) is 0 Å². The lowest BCUT2D eigenvalue weighted by molar-refractivity contribution is -0.143. The van der Waals surface area contributed by atoms with Crippen LogP contribution in [0.3, 0.4) is 0 Å². The molecule has 1 aliphatic carbocycles. The molecule has 5 heteroatoms. The first-order valence-corrected chi connectivity index (χ1v) is 5.14. The molecule has 3 atom stereocenters. The van der Waals surface area contributed by atoms with Gasteiger partial charge in [-0.2, -0.15) is 13.2 Å². The molecule has 1 aliphatic rings. The lowest BCUT2D eigenvalue weighted by Gasteiger charge is -2.50. The van der Waals surface area contributed by atoms with Gasteiger partial charge in [-0.05, 0) is 13.3 Å². The minimum absolute atomic E-state index is 0.0233. The molecule has 90 valence electrons. The van der Waals surface area contributed by atoms with E-state index in [0.29, 0.717) is 6.42 Å². The van der Waals surface area contributed by atoms with Crippen LogP contribution in [0.2, 0.25) is 0 Å². The van der Waals surface area contributed by atoms with Crippen LogP contribution >= 0.6 is 0 Å². The van der Waals surface area contributed by atoms with E-state index in [1.165, 1.54) is 6.92 Å². The van der Waals surface area contributed by atoms with Crippen molar-refractivity contribution in [2.24, 2.45) is 5.41 Å². The molecular weight excluding hydrogens is 207 g/mol. The standard InChI is InChI=1S/C10H18F3NO/c1-6(5-10(11,12)13)14-7-4-8(15)9(7,2)3/h6-8,14-15H,4-5H2,1-3H3. The van der Waals surface area contributed by atoms with E-state index in [9.17, 15) is 18.3 Å². The smallest absolute Gasteiger partial charge is 0.390 e. The van der Waals surface area contributed by atoms with E-state index in [4.69, 9.17) is 0 Å². The highest BCUT2D eigenvalue weighted by Gasteiger charge is 2.47. The van der Waals surface area contributed by atoms with E-state index in [1.54, 1.807) is 0 Å². The van der Waals surface area contributed by atoms with E-state index in [0.717, 1.165) is 0 Å². The molecule has 0 radical (unpaired) electrons. The molecule has 1 fully saturated rings. The van der Waals surface area contributed by atoms with Crippen LogP contribution in [0.5, 0.6) is 0 Å². The number of alkyl halides is 3. The van der Waals surface area contributed by atoms with Gasteiger partial charge in [0.15, 0.2) is 0 Å². The van der Waals surface area contributed by atoms with Gasteiger partial charge in [0, 0.05) is 17.5 Å². The Morgan fingerprint density at radius 2 is 2.00 bits per heavy atom. The van der Waals surface area contributed by atoms with Crippen LogP contribution in [0, 0.1) is 5.41 Å². The summed E-state index contributed by atoms with van der Waals surface area (Å²) in [5.74, 6) is 0. The summed E-state index contributed by atoms with van der Waals surface area (Å²) in [7, 11) is 0. The first kappa shape index (κ1) is 12.8. The van der Waals surface area contributed by atoms with Crippen molar-refractivity contribution in [1.82, 2.24) is 5.32 Å². The lowest BCUT2D eigenvalue weighted by Crippen LogP contribution is -2.61. The fourth-order valence-electron chi connectivity index (χ4n) is 1.93. The van der Waals surface area contributed by atoms with Gasteiger partial charge in [0.2, 0.25) is 0 Å². The second-order valence-electron chi connectivity index (χ2n) is 5.01. The SMILES string of the molecule is CC(CC(F)(F)F)NC1CC(O)C1(C)C. The molecule has 0 aliphatic heterocycles. The maximum atomic E-state index is 12.1. The van der Waals surface area contributed by atoms with Gasteiger partial charge in [-0.25, -0.2) is 0 Å². The lowest BCUT2D eigenvalue weighted by atomic mass is 9.64. The predicted octanol–water partition coefficient (Wildman–Crippen LogP) is 2.08. The Labute approximate surface area is 87.9 Å². The second kappa shape index (κ2) is 3.94. The zero-order valence-electron chi connectivity index (χ0n) is 9.23. The average molecular weight is 225 g/mol. The molecule has 0 aromatic heterocycles. The summed E-state index contributed by atoms with van der Waals surface area (Å²) in [6.07, 6.45) is -4.82. The van der Waals surface area contributed by atoms with Crippen molar-refractivity contribution in [3.8, 4) is 0 Å². The highest BCUT2D eigenvalue weighted by atomic mass is 19.4. The van der Waals surface area contributed by atoms with Gasteiger partial charge in [0.05, 0.1) is 12.5 Å². The number of aliphatic hydroxyl groups excluding tert-OH is 1. The quantitative estimate of drug-likeness (QED) is 0.770. The third kappa shape index (κ3) is 3.08. The zero-order chi connectivity index (χ0) is 11.9. The molecule has 2 N–H and O–H groups in total. The van der Waals surface area contributed by atoms with Crippen molar-refractivity contribution in [3.63, 3.8) is 0 Å². The molecule has 0 aromatic rings. The second-order valence-corrected chi connectivity index (χ2v) is 5.01. The van der Waals surface area contributed by atoms with E-state index in [-0.39, 0.29) is 11.5 Å². The summed E-state index contributed by atoms with van der Waals surface area (Å²) in [4.78, 5) is 0. The maximum absolute atomic E-state index is 12.1. The van der Waals surface area contributed by atoms with Gasteiger partial charge < -0.3 is 10.4 Å². The normalized spacial score (nSPS) is 32.2. The summed E-state index contributed by atoms with van der Waals surface area (Å²) >= 11 is 0. The third-order valence-corrected chi connectivity index (χ3v) is 3.24. The molecular formula is C10H18F3NO. The number of aliphatic hydroxyl groups is 1. The van der Waals surface area contributed by atoms with Crippen molar-refractivity contribution < 1.29 is 18.3 Å². The molecule has 0 bridgehead atoms. The fourth-order valence-corrected chi connectivity index (χ4v) is 1.93. The summed E-state index contributed by atoms with van der Waals surface area (Å²) in [6, 6.07) is -0.619. The van der Waals surface area contributed by atoms with E-state index in [2.05, 4.69) is 5.32 Å². The van der Waals surface area contributed by atoms with Gasteiger partial charge >= 0.3 is 6.18 Å². The summed E-state index contributed by atoms with van der Waals surface area (Å²) in [6.45, 7) is 5.24. The Balaban J connectivity index is 2.37. The van der Waals surface area contributed by atoms with Gasteiger partial charge in [-0.3, -0.25) is 0 Å². The Morgan fingerprint density at radius 1 is 1.47 bits per heavy atom. The first-order chi connectivity index (χ1) is 6.63. The number of nitrogens with one attached hydrogen (secondary N) is 1. The molecule has 1 rings (SSSR count). The molecule has 1 saturated carbocycles. The largest absolute Gasteiger partial charge is 0.392 e. The number of hydrogen-bond acceptors (Lipinski definition) is 2. The number of rotatable bonds is 3. The summed E-state index contributed by atoms with van der Waals surface area (Å²) in [5.41, 5.74) is -0.320. The topological polar surface area (TPSA) is 32.3 Å². The molecule has 0 heterocycles. The van der Waals surface area contributed by atoms with Crippen LogP contribution in [0.1, 0.15) is 33.6 Å². The van der Waals surface area contributed by atoms with Gasteiger partial charge in [-0.1, -0.05) is 13.8 Å². The van der Waals surface area contributed by atoms with Crippen LogP contribution in [-0.4, -0.2) is 29.5 Å². The summed E-state index contributed by atoms with van der Waals surface area (Å²) in [5, 5.41) is 12.3. The van der Waals surface area contributed by atoms with E-state index >= 15 is 0 Å². The Hall–Kier alpha value is -0.290. The molecule has 0 saturated heterocycles. The van der Waals surface area contributed by atoms with Crippen molar-refractivity contribution in [3.05, 3.63) is 0 Å². The van der Waals surface area contributed by atoms with Crippen LogP contribution < -0.4 is 5.32 Å². The van der Waals surface area contributed by atoms with Crippen molar-refractivity contribution in [1.29, 1.82) is 0 Å². The van der Waals surface area contributed by atoms with Crippen LogP contribution in [-0.2, 0) is 0 Å². The van der Waals surface area contributed by atoms with Crippen molar-refractivity contribution >= 4 is 0 Å². The molecule has 2 nitrogen and oxygen atoms in total. The minimum Gasteiger partial charge on any atom is -0.392 e. The predicted molar refractivity (Wildman–Crippen MR) is 51.5 cm³/mol. The molecule has 0 amide bonds. The maximum Gasteiger partial charge on any atom is 0.390 e. The zero-order valence-corrected chi connectivity index (χ0v) is 9.23. The highest BCUT2D eigenvalue weighted by Crippen LogP contribution is 2.41. The van der Waals surface area contributed by atoms with Crippen LogP contribution in [0.15, 0.2) is 0 Å². The molecule has 3 unspecified atom stereocenters. The average Bonchev–Trinajstić information content (AvgIpc) is 2.00. The Morgan fingerprint density at radius 3 is 2.33 bits per heavy atom. The number of hydrogen-bond donors (Lipinski definition) is 2. The van der Waals surface area contributed by atoms with Gasteiger partial charge in [0.25, 0.3) is 0 Å². The highest BCUT2D eigenvalue weighted by molar-refractivity contribution is 5.02. The van der Waals surface area contributed by atoms with Crippen molar-refractivity contribution in [2.45, 2.75) is 58.0 Å². The summed E-state index contributed by atoms with van der Waals surface area (Å²) < 4.78 is 36.2. The van der Waals surface area contributed by atoms with E-state index in [1.807, 2.05) is 13.8 Å².